The van der Waals surface area contributed by atoms with E-state index in [1.54, 1.807) is 19.2 Å². The molecular formula is C34H32FN3O4. The van der Waals surface area contributed by atoms with E-state index in [1.807, 2.05) is 47.2 Å². The number of carboxylic acid groups (broad SMARTS) is 1. The van der Waals surface area contributed by atoms with E-state index in [1.165, 1.54) is 6.07 Å². The number of pyridine rings is 1. The number of carboxylic acids is 1. The van der Waals surface area contributed by atoms with Crippen LogP contribution in [0.5, 0.6) is 5.88 Å². The summed E-state index contributed by atoms with van der Waals surface area (Å²) in [5, 5.41) is 13.6. The minimum Gasteiger partial charge on any atom is -0.481 e. The number of amides is 1. The summed E-state index contributed by atoms with van der Waals surface area (Å²) >= 11 is 0. The van der Waals surface area contributed by atoms with E-state index in [0.29, 0.717) is 28.9 Å². The highest BCUT2D eigenvalue weighted by atomic mass is 19.1. The van der Waals surface area contributed by atoms with Crippen LogP contribution in [0, 0.1) is 11.7 Å². The van der Waals surface area contributed by atoms with E-state index < -0.39 is 5.97 Å². The molecule has 1 aliphatic carbocycles. The number of nitrogens with zero attached hydrogens (tertiary/aromatic N) is 2. The number of halogens is 1. The number of hydrogen-bond acceptors (Lipinski definition) is 4. The number of benzene rings is 3. The average Bonchev–Trinajstić information content (AvgIpc) is 3.42. The Hall–Kier alpha value is -4.72. The first-order chi connectivity index (χ1) is 20.4. The number of ether oxygens (including phenoxy) is 1. The van der Waals surface area contributed by atoms with Gasteiger partial charge >= 0.3 is 5.97 Å². The Kier molecular flexibility index (Phi) is 7.61. The molecule has 7 nitrogen and oxygen atoms in total. The first-order valence-electron chi connectivity index (χ1n) is 14.2. The van der Waals surface area contributed by atoms with Crippen molar-refractivity contribution in [2.75, 3.05) is 7.11 Å². The van der Waals surface area contributed by atoms with Gasteiger partial charge in [0.2, 0.25) is 5.88 Å². The molecule has 0 atom stereocenters. The Balaban J connectivity index is 1.20. The monoisotopic (exact) mass is 565 g/mol. The lowest BCUT2D eigenvalue weighted by Crippen LogP contribution is -2.38. The molecule has 2 aromatic heterocycles. The molecule has 0 spiro atoms. The molecule has 0 aliphatic heterocycles. The highest BCUT2D eigenvalue weighted by Gasteiger charge is 2.25. The van der Waals surface area contributed by atoms with E-state index in [0.717, 1.165) is 53.3 Å². The Morgan fingerprint density at radius 1 is 0.976 bits per heavy atom. The van der Waals surface area contributed by atoms with Crippen LogP contribution in [0.4, 0.5) is 4.39 Å². The highest BCUT2D eigenvalue weighted by molar-refractivity contribution is 6.06. The smallest absolute Gasteiger partial charge is 0.303 e. The fourth-order valence-corrected chi connectivity index (χ4v) is 6.03. The summed E-state index contributed by atoms with van der Waals surface area (Å²) in [4.78, 5) is 28.9. The first-order valence-corrected chi connectivity index (χ1v) is 14.2. The molecule has 1 amide bonds. The van der Waals surface area contributed by atoms with Crippen LogP contribution >= 0.6 is 0 Å². The SMILES string of the molecule is COc1ccc2cc(-c3ccc(Cn4ccc5c(F)ccc(C(=O)NC6CCC(CC(=O)O)CC6)c54)cc3)ccc2n1. The second kappa shape index (κ2) is 11.6. The number of carbonyl (C=O) groups is 2. The second-order valence-corrected chi connectivity index (χ2v) is 11.0. The topological polar surface area (TPSA) is 93.5 Å². The molecule has 0 saturated heterocycles. The van der Waals surface area contributed by atoms with E-state index >= 15 is 0 Å². The molecular weight excluding hydrogens is 533 g/mol. The molecule has 3 aromatic carbocycles. The molecule has 5 aromatic rings. The van der Waals surface area contributed by atoms with Gasteiger partial charge in [-0.2, -0.15) is 0 Å². The molecule has 8 heteroatoms. The Morgan fingerprint density at radius 3 is 2.48 bits per heavy atom. The summed E-state index contributed by atoms with van der Waals surface area (Å²) in [5.41, 5.74) is 5.03. The van der Waals surface area contributed by atoms with Gasteiger partial charge < -0.3 is 19.7 Å². The number of aliphatic carboxylic acids is 1. The summed E-state index contributed by atoms with van der Waals surface area (Å²) in [6.07, 6.45) is 5.01. The van der Waals surface area contributed by atoms with Gasteiger partial charge in [-0.15, -0.1) is 0 Å². The molecule has 0 bridgehead atoms. The average molecular weight is 566 g/mol. The quantitative estimate of drug-likeness (QED) is 0.215. The standard InChI is InChI=1S/C34H32FN3O4/c1-42-31-15-9-25-19-24(8-14-30(25)37-31)23-6-2-22(3-7-23)20-38-17-16-27-29(35)13-12-28(33(27)38)34(41)36-26-10-4-21(5-11-26)18-32(39)40/h2-3,6-9,12-17,19,21,26H,4-5,10-11,18,20H2,1H3,(H,36,41)(H,39,40). The number of carbonyl (C=O) groups excluding carboxylic acids is 1. The maximum absolute atomic E-state index is 14.8. The Bertz CT molecular complexity index is 1770. The van der Waals surface area contributed by atoms with Gasteiger partial charge in [-0.25, -0.2) is 9.37 Å². The largest absolute Gasteiger partial charge is 0.481 e. The van der Waals surface area contributed by atoms with E-state index in [-0.39, 0.29) is 30.1 Å². The van der Waals surface area contributed by atoms with Crippen LogP contribution in [0.15, 0.2) is 79.0 Å². The van der Waals surface area contributed by atoms with Gasteiger partial charge in [0.05, 0.1) is 23.7 Å². The van der Waals surface area contributed by atoms with Crippen LogP contribution < -0.4 is 10.1 Å². The fourth-order valence-electron chi connectivity index (χ4n) is 6.03. The van der Waals surface area contributed by atoms with Crippen molar-refractivity contribution in [3.8, 4) is 17.0 Å². The third-order valence-electron chi connectivity index (χ3n) is 8.28. The van der Waals surface area contributed by atoms with Crippen LogP contribution in [-0.2, 0) is 11.3 Å². The van der Waals surface area contributed by atoms with E-state index in [2.05, 4.69) is 28.5 Å². The Labute approximate surface area is 243 Å². The minimum atomic E-state index is -0.779. The van der Waals surface area contributed by atoms with E-state index in [4.69, 9.17) is 9.84 Å². The number of nitrogens with one attached hydrogen (secondary N) is 1. The second-order valence-electron chi connectivity index (χ2n) is 11.0. The molecule has 6 rings (SSSR count). The highest BCUT2D eigenvalue weighted by Crippen LogP contribution is 2.30. The number of rotatable bonds is 8. The van der Waals surface area contributed by atoms with Crippen LogP contribution in [0.25, 0.3) is 32.9 Å². The van der Waals surface area contributed by atoms with Crippen molar-refractivity contribution in [1.82, 2.24) is 14.9 Å². The lowest BCUT2D eigenvalue weighted by molar-refractivity contribution is -0.138. The lowest BCUT2D eigenvalue weighted by atomic mass is 9.84. The summed E-state index contributed by atoms with van der Waals surface area (Å²) in [6, 6.07) is 22.8. The van der Waals surface area contributed by atoms with Gasteiger partial charge in [0, 0.05) is 42.0 Å². The van der Waals surface area contributed by atoms with Crippen molar-refractivity contribution < 1.29 is 23.8 Å². The van der Waals surface area contributed by atoms with Crippen LogP contribution in [-0.4, -0.2) is 39.7 Å². The van der Waals surface area contributed by atoms with Crippen LogP contribution in [0.2, 0.25) is 0 Å². The maximum atomic E-state index is 14.8. The molecule has 2 heterocycles. The number of methoxy groups -OCH3 is 1. The normalized spacial score (nSPS) is 16.9. The van der Waals surface area contributed by atoms with E-state index in [9.17, 15) is 14.0 Å². The van der Waals surface area contributed by atoms with Crippen molar-refractivity contribution in [3.63, 3.8) is 0 Å². The molecule has 1 aliphatic rings. The van der Waals surface area contributed by atoms with Crippen LogP contribution in [0.1, 0.15) is 48.0 Å². The fraction of sp³-hybridized carbons (Fsp3) is 0.265. The molecule has 1 fully saturated rings. The summed E-state index contributed by atoms with van der Waals surface area (Å²) < 4.78 is 21.9. The van der Waals surface area contributed by atoms with Gasteiger partial charge in [0.1, 0.15) is 5.82 Å². The third-order valence-corrected chi connectivity index (χ3v) is 8.28. The minimum absolute atomic E-state index is 0.0217. The van der Waals surface area contributed by atoms with Gasteiger partial charge in [-0.05, 0) is 84.7 Å². The van der Waals surface area contributed by atoms with Crippen LogP contribution in [0.3, 0.4) is 0 Å². The van der Waals surface area contributed by atoms with Gasteiger partial charge in [0.25, 0.3) is 5.91 Å². The van der Waals surface area contributed by atoms with Gasteiger partial charge in [-0.1, -0.05) is 30.3 Å². The lowest BCUT2D eigenvalue weighted by Gasteiger charge is -2.28. The molecule has 0 unspecified atom stereocenters. The first kappa shape index (κ1) is 27.4. The van der Waals surface area contributed by atoms with Crippen molar-refractivity contribution in [1.29, 1.82) is 0 Å². The zero-order valence-electron chi connectivity index (χ0n) is 23.3. The summed E-state index contributed by atoms with van der Waals surface area (Å²) in [5.74, 6) is -0.648. The molecule has 2 N–H and O–H groups in total. The van der Waals surface area contributed by atoms with Gasteiger partial charge in [0.15, 0.2) is 0 Å². The Morgan fingerprint density at radius 2 is 1.74 bits per heavy atom. The van der Waals surface area contributed by atoms with Crippen molar-refractivity contribution in [2.45, 2.75) is 44.7 Å². The molecule has 1 saturated carbocycles. The van der Waals surface area contributed by atoms with Gasteiger partial charge in [-0.3, -0.25) is 9.59 Å². The molecule has 214 valence electrons. The van der Waals surface area contributed by atoms with Crippen molar-refractivity contribution in [3.05, 3.63) is 95.9 Å². The third kappa shape index (κ3) is 5.70. The molecule has 42 heavy (non-hydrogen) atoms. The number of hydrogen-bond donors (Lipinski definition) is 2. The zero-order chi connectivity index (χ0) is 29.2. The zero-order valence-corrected chi connectivity index (χ0v) is 23.3. The van der Waals surface area contributed by atoms with Crippen molar-refractivity contribution in [2.24, 2.45) is 5.92 Å². The predicted molar refractivity (Wildman–Crippen MR) is 160 cm³/mol. The van der Waals surface area contributed by atoms with Crippen molar-refractivity contribution >= 4 is 33.7 Å². The maximum Gasteiger partial charge on any atom is 0.303 e. The number of fused-ring (bicyclic) bond motifs is 2. The summed E-state index contributed by atoms with van der Waals surface area (Å²) in [7, 11) is 1.60. The number of aromatic nitrogens is 2. The predicted octanol–water partition coefficient (Wildman–Crippen LogP) is 6.82. The summed E-state index contributed by atoms with van der Waals surface area (Å²) in [6.45, 7) is 0.481. The molecule has 0 radical (unpaired) electrons.